The Hall–Kier alpha value is 1.43. The second kappa shape index (κ2) is 23.7. The number of hydrogen-bond donors (Lipinski definition) is 0. The van der Waals surface area contributed by atoms with Crippen LogP contribution in [0.1, 0.15) is 0 Å². The summed E-state index contributed by atoms with van der Waals surface area (Å²) in [5.41, 5.74) is 0. The molecule has 7 heteroatoms. The van der Waals surface area contributed by atoms with Gasteiger partial charge in [0.15, 0.2) is 0 Å². The fraction of sp³-hybridized carbons (Fsp3) is 0. The Morgan fingerprint density at radius 2 is 1.25 bits per heavy atom. The zero-order valence-corrected chi connectivity index (χ0v) is 8.25. The maximum atomic E-state index is 8.33. The average Bonchev–Trinajstić information content (AvgIpc) is 1.41. The quantitative estimate of drug-likeness (QED) is 0.305. The Morgan fingerprint density at radius 3 is 1.25 bits per heavy atom. The number of carbonyl (C=O) groups excluding carboxylic acids is 1. The van der Waals surface area contributed by atoms with Gasteiger partial charge in [0, 0.05) is 0 Å². The normalized spacial score (nSPS) is 3.75. The number of carboxylic acid groups (broad SMARTS) is 2. The second-order valence-corrected chi connectivity index (χ2v) is 0.250. The van der Waals surface area contributed by atoms with Crippen LogP contribution in [0.5, 0.6) is 0 Å². The summed E-state index contributed by atoms with van der Waals surface area (Å²) in [6.45, 7) is 0. The van der Waals surface area contributed by atoms with Gasteiger partial charge in [-0.05, 0) is 6.16 Å². The van der Waals surface area contributed by atoms with Crippen LogP contribution in [-0.2, 0) is 3.17 Å². The Bertz CT molecular complexity index is 47.3. The molecule has 32 valence electrons. The van der Waals surface area contributed by atoms with E-state index < -0.39 is 6.16 Å². The number of rotatable bonds is 0. The van der Waals surface area contributed by atoms with Crippen LogP contribution in [0, 0.1) is 0 Å². The predicted octanol–water partition coefficient (Wildman–Crippen LogP) is -8.94. The molecule has 0 amide bonds. The molecular formula is CLiMgNaO4. The SMILES string of the molecule is O=C([O-])[O-].[Li+].[Na+].[O]=[Mg]. The van der Waals surface area contributed by atoms with Crippen LogP contribution in [0.25, 0.3) is 0 Å². The van der Waals surface area contributed by atoms with Gasteiger partial charge in [0.25, 0.3) is 0 Å². The molecule has 0 radical (unpaired) electrons. The molecular weight excluding hydrogens is 130 g/mol. The van der Waals surface area contributed by atoms with Crippen molar-refractivity contribution in [1.29, 1.82) is 0 Å². The van der Waals surface area contributed by atoms with E-state index >= 15 is 0 Å². The van der Waals surface area contributed by atoms with Crippen molar-refractivity contribution in [3.63, 3.8) is 0 Å². The van der Waals surface area contributed by atoms with Gasteiger partial charge in [0.05, 0.1) is 0 Å². The summed E-state index contributed by atoms with van der Waals surface area (Å²) in [6, 6.07) is 0. The predicted molar refractivity (Wildman–Crippen MR) is 11.8 cm³/mol. The van der Waals surface area contributed by atoms with Crippen LogP contribution < -0.4 is 58.6 Å². The monoisotopic (exact) mass is 130 g/mol. The molecule has 0 heterocycles. The van der Waals surface area contributed by atoms with Crippen LogP contribution >= 0.6 is 0 Å². The zero-order valence-electron chi connectivity index (χ0n) is 4.84. The topological polar surface area (TPSA) is 80.3 Å². The van der Waals surface area contributed by atoms with Crippen molar-refractivity contribution in [2.75, 3.05) is 0 Å². The molecule has 0 aromatic rings. The molecule has 0 aromatic carbocycles. The molecule has 0 unspecified atom stereocenters. The van der Waals surface area contributed by atoms with Crippen molar-refractivity contribution in [3.05, 3.63) is 0 Å². The Balaban J connectivity index is -0.0000000183. The van der Waals surface area contributed by atoms with Gasteiger partial charge in [-0.2, -0.15) is 0 Å². The van der Waals surface area contributed by atoms with Gasteiger partial charge >= 0.3 is 73.3 Å². The van der Waals surface area contributed by atoms with Crippen molar-refractivity contribution in [2.45, 2.75) is 0 Å². The molecule has 0 aliphatic carbocycles. The van der Waals surface area contributed by atoms with Crippen molar-refractivity contribution in [2.24, 2.45) is 0 Å². The standard InChI is InChI=1S/CH2O3.Li.Mg.Na.O/c2-1(3)4;;;;/h(H2,2,3,4);;;;/q;+1;;+1;/p-2. The molecule has 0 fully saturated rings. The molecule has 0 N–H and O–H groups in total. The van der Waals surface area contributed by atoms with Crippen LogP contribution in [0.4, 0.5) is 4.79 Å². The molecule has 4 nitrogen and oxygen atoms in total. The third-order valence-electron chi connectivity index (χ3n) is 0. The average molecular weight is 130 g/mol. The summed E-state index contributed by atoms with van der Waals surface area (Å²) < 4.78 is 8.28. The molecule has 0 saturated carbocycles. The first-order valence-electron chi connectivity index (χ1n) is 0.901. The van der Waals surface area contributed by atoms with Crippen LogP contribution in [0.3, 0.4) is 0 Å². The molecule has 0 spiro atoms. The summed E-state index contributed by atoms with van der Waals surface area (Å²) in [7, 11) is 0. The van der Waals surface area contributed by atoms with E-state index in [1.54, 1.807) is 0 Å². The van der Waals surface area contributed by atoms with E-state index in [9.17, 15) is 0 Å². The van der Waals surface area contributed by atoms with Crippen molar-refractivity contribution >= 4 is 27.8 Å². The van der Waals surface area contributed by atoms with Crippen LogP contribution in [0.15, 0.2) is 0 Å². The molecule has 0 aliphatic rings. The van der Waals surface area contributed by atoms with E-state index in [1.807, 2.05) is 0 Å². The molecule has 0 bridgehead atoms. The van der Waals surface area contributed by atoms with Gasteiger partial charge in [-0.15, -0.1) is 0 Å². The molecule has 0 atom stereocenters. The summed E-state index contributed by atoms with van der Waals surface area (Å²) in [5, 5.41) is 16.7. The van der Waals surface area contributed by atoms with Gasteiger partial charge in [0.1, 0.15) is 0 Å². The van der Waals surface area contributed by atoms with E-state index in [0.29, 0.717) is 21.7 Å². The third-order valence-corrected chi connectivity index (χ3v) is 0. The van der Waals surface area contributed by atoms with Gasteiger partial charge in [-0.25, -0.2) is 0 Å². The maximum absolute atomic E-state index is 8.33. The fourth-order valence-corrected chi connectivity index (χ4v) is 0. The molecule has 0 saturated heterocycles. The van der Waals surface area contributed by atoms with Gasteiger partial charge in [0.2, 0.25) is 0 Å². The first-order chi connectivity index (χ1) is 2.73. The summed E-state index contributed by atoms with van der Waals surface area (Å²) in [4.78, 5) is 8.33. The van der Waals surface area contributed by atoms with E-state index in [1.165, 1.54) is 0 Å². The Morgan fingerprint density at radius 1 is 1.25 bits per heavy atom. The summed E-state index contributed by atoms with van der Waals surface area (Å²) in [6.07, 6.45) is -2.33. The van der Waals surface area contributed by atoms with Gasteiger partial charge in [-0.3, -0.25) is 0 Å². The number of hydrogen-bond acceptors (Lipinski definition) is 4. The fourth-order valence-electron chi connectivity index (χ4n) is 0. The van der Waals surface area contributed by atoms with Gasteiger partial charge in [-0.1, -0.05) is 0 Å². The minimum absolute atomic E-state index is 0. The molecule has 0 aromatic heterocycles. The van der Waals surface area contributed by atoms with Crippen molar-refractivity contribution in [3.8, 4) is 0 Å². The first-order valence-corrected chi connectivity index (χ1v) is 1.48. The minimum atomic E-state index is -2.33. The first kappa shape index (κ1) is 22.7. The van der Waals surface area contributed by atoms with Gasteiger partial charge < -0.3 is 15.0 Å². The van der Waals surface area contributed by atoms with Crippen LogP contribution in [-0.4, -0.2) is 27.8 Å². The van der Waals surface area contributed by atoms with E-state index in [-0.39, 0.29) is 48.4 Å². The van der Waals surface area contributed by atoms with Crippen molar-refractivity contribution in [1.82, 2.24) is 0 Å². The Labute approximate surface area is 93.3 Å². The van der Waals surface area contributed by atoms with Crippen LogP contribution in [0.2, 0.25) is 0 Å². The van der Waals surface area contributed by atoms with E-state index in [2.05, 4.69) is 0 Å². The summed E-state index contributed by atoms with van der Waals surface area (Å²) >= 11 is 0.611. The summed E-state index contributed by atoms with van der Waals surface area (Å²) in [5.74, 6) is 0. The van der Waals surface area contributed by atoms with Crippen molar-refractivity contribution < 1.29 is 66.6 Å². The van der Waals surface area contributed by atoms with E-state index in [0.717, 1.165) is 0 Å². The third kappa shape index (κ3) is 150. The molecule has 8 heavy (non-hydrogen) atoms. The zero-order chi connectivity index (χ0) is 5.58. The van der Waals surface area contributed by atoms with E-state index in [4.69, 9.17) is 18.2 Å². The number of carbonyl (C=O) groups is 1. The molecule has 0 rings (SSSR count). The second-order valence-electron chi connectivity index (χ2n) is 0.250. The molecule has 0 aliphatic heterocycles. The Kier molecular flexibility index (Phi) is 67.3.